The van der Waals surface area contributed by atoms with Gasteiger partial charge in [-0.15, -0.1) is 22.7 Å². The van der Waals surface area contributed by atoms with Crippen LogP contribution in [0.4, 0.5) is 102 Å². The topological polar surface area (TPSA) is 19.4 Å². The summed E-state index contributed by atoms with van der Waals surface area (Å²) in [5.41, 5.74) is 31.6. The summed E-state index contributed by atoms with van der Waals surface area (Å²) < 4.78 is 5.02. The molecule has 17 aromatic carbocycles. The Labute approximate surface area is 658 Å². The zero-order valence-electron chi connectivity index (χ0n) is 60.8. The van der Waals surface area contributed by atoms with Crippen molar-refractivity contribution in [1.82, 2.24) is 0 Å². The zero-order valence-corrected chi connectivity index (χ0v) is 62.4. The molecule has 522 valence electrons. The number of anilines is 18. The average molecular weight is 1460 g/mol. The maximum atomic E-state index is 2.67. The fourth-order valence-corrected chi connectivity index (χ4v) is 21.1. The molecule has 6 nitrogen and oxygen atoms in total. The quantitative estimate of drug-likeness (QED) is 0.113. The molecule has 0 amide bonds. The van der Waals surface area contributed by atoms with Gasteiger partial charge in [-0.25, -0.2) is 0 Å². The van der Waals surface area contributed by atoms with E-state index in [4.69, 9.17) is 0 Å². The molecular weight excluding hydrogens is 1390 g/mol. The molecule has 0 saturated carbocycles. The predicted molar refractivity (Wildman–Crippen MR) is 481 cm³/mol. The second-order valence-electron chi connectivity index (χ2n) is 29.4. The molecular formula is C102H66B2N6S2. The summed E-state index contributed by atoms with van der Waals surface area (Å²) in [5.74, 6) is 0. The number of hydrogen-bond donors (Lipinski definition) is 0. The molecule has 0 spiro atoms. The third kappa shape index (κ3) is 9.92. The molecule has 0 bridgehead atoms. The van der Waals surface area contributed by atoms with Crippen LogP contribution in [0.15, 0.2) is 400 Å². The minimum atomic E-state index is -0.254. The number of thiophene rings is 2. The van der Waals surface area contributed by atoms with E-state index in [0.29, 0.717) is 0 Å². The average Bonchev–Trinajstić information content (AvgIpc) is 0.711. The molecule has 112 heavy (non-hydrogen) atoms. The van der Waals surface area contributed by atoms with Gasteiger partial charge < -0.3 is 29.4 Å². The normalized spacial score (nSPS) is 12.9. The van der Waals surface area contributed by atoms with Crippen LogP contribution in [0, 0.1) is 0 Å². The van der Waals surface area contributed by atoms with Crippen LogP contribution in [-0.2, 0) is 0 Å². The lowest BCUT2D eigenvalue weighted by Gasteiger charge is -2.48. The summed E-state index contributed by atoms with van der Waals surface area (Å²) in [5, 5.41) is 4.97. The fraction of sp³-hybridized carbons (Fsp3) is 0. The summed E-state index contributed by atoms with van der Waals surface area (Å²) >= 11 is 3.73. The van der Waals surface area contributed by atoms with E-state index in [1.54, 1.807) is 0 Å². The highest BCUT2D eigenvalue weighted by atomic mass is 32.1. The predicted octanol–water partition coefficient (Wildman–Crippen LogP) is 24.9. The van der Waals surface area contributed by atoms with Crippen molar-refractivity contribution in [2.45, 2.75) is 0 Å². The minimum Gasteiger partial charge on any atom is -0.311 e. The molecule has 0 unspecified atom stereocenters. The number of rotatable bonds is 12. The van der Waals surface area contributed by atoms with Crippen LogP contribution < -0.4 is 62.2 Å². The van der Waals surface area contributed by atoms with Crippen molar-refractivity contribution >= 4 is 212 Å². The molecule has 0 N–H and O–H groups in total. The molecule has 0 saturated heterocycles. The van der Waals surface area contributed by atoms with Gasteiger partial charge in [-0.3, -0.25) is 0 Å². The molecule has 19 aromatic rings. The maximum Gasteiger partial charge on any atom is 0.252 e. The number of hydrogen-bond acceptors (Lipinski definition) is 8. The first-order valence-corrected chi connectivity index (χ1v) is 40.1. The highest BCUT2D eigenvalue weighted by molar-refractivity contribution is 7.26. The Morgan fingerprint density at radius 3 is 1.09 bits per heavy atom. The van der Waals surface area contributed by atoms with Gasteiger partial charge in [0, 0.05) is 125 Å². The lowest BCUT2D eigenvalue weighted by Crippen LogP contribution is -2.65. The van der Waals surface area contributed by atoms with Crippen molar-refractivity contribution in [3.63, 3.8) is 0 Å². The lowest BCUT2D eigenvalue weighted by atomic mass is 9.30. The maximum absolute atomic E-state index is 2.67. The largest absolute Gasteiger partial charge is 0.311 e. The van der Waals surface area contributed by atoms with E-state index in [-0.39, 0.29) is 13.4 Å². The molecule has 0 fully saturated rings. The standard InChI is InChI=1S/C102H66B2N6S2/c1-8-33-67(34-9-1)76-49-30-50-77(68-35-10-2-11-36-68)102(76)106(70-39-14-4-15-40-70)75-63-92-101-93(64-75)110(87-56-32-60-97-99(87)79-48-23-29-58-95(79)112-97)85-54-27-25-52-81(85)104(101)83-65-82-88(66-89(83)109(92)73-45-20-7-21-46-73)108(72-43-18-6-19-44-72)91-62-74(61-90-100(91)103(82)80-51-24-26-53-84(80)107(90)71-41-16-5-17-42-71)105(69-37-12-3-13-38-69)86-55-31-59-96-98(86)78-47-22-28-57-94(78)111-96/h1-66H. The molecule has 23 rings (SSSR count). The van der Waals surface area contributed by atoms with Crippen LogP contribution in [-0.4, -0.2) is 13.4 Å². The Bertz CT molecular complexity index is 6890. The first-order valence-electron chi connectivity index (χ1n) is 38.5. The summed E-state index contributed by atoms with van der Waals surface area (Å²) in [4.78, 5) is 15.5. The Morgan fingerprint density at radius 1 is 0.223 bits per heavy atom. The molecule has 0 aliphatic carbocycles. The fourth-order valence-electron chi connectivity index (χ4n) is 18.8. The SMILES string of the molecule is c1ccc(-c2cccc(-c3ccccc3)c2N(c2ccccc2)c2cc3c4c(c2)N(c2cccc5sc6ccccc6c25)c2ccccc2B4c2cc4c(cc2N3c2ccccc2)N(c2ccccc2)c2cc(N(c3ccccc3)c3cccc5sc6ccccc6c35)cc3c2B4c2ccccc2N3c2ccccc2)cc1. The van der Waals surface area contributed by atoms with Gasteiger partial charge in [0.05, 0.1) is 28.4 Å². The lowest BCUT2D eigenvalue weighted by molar-refractivity contribution is 1.22. The second-order valence-corrected chi connectivity index (χ2v) is 31.5. The number of para-hydroxylation sites is 8. The highest BCUT2D eigenvalue weighted by Gasteiger charge is 2.49. The smallest absolute Gasteiger partial charge is 0.252 e. The first-order chi connectivity index (χ1) is 55.6. The molecule has 4 aliphatic heterocycles. The first kappa shape index (κ1) is 64.1. The molecule has 0 radical (unpaired) electrons. The summed E-state index contributed by atoms with van der Waals surface area (Å²) in [6.07, 6.45) is 0. The van der Waals surface area contributed by atoms with E-state index >= 15 is 0 Å². The van der Waals surface area contributed by atoms with Crippen molar-refractivity contribution in [1.29, 1.82) is 0 Å². The van der Waals surface area contributed by atoms with E-state index in [9.17, 15) is 0 Å². The monoisotopic (exact) mass is 1460 g/mol. The van der Waals surface area contributed by atoms with E-state index < -0.39 is 0 Å². The van der Waals surface area contributed by atoms with Crippen LogP contribution in [0.5, 0.6) is 0 Å². The second kappa shape index (κ2) is 25.9. The molecule has 6 heterocycles. The number of fused-ring (bicyclic) bond motifs is 14. The van der Waals surface area contributed by atoms with Gasteiger partial charge >= 0.3 is 0 Å². The van der Waals surface area contributed by atoms with Gasteiger partial charge in [-0.1, -0.05) is 261 Å². The van der Waals surface area contributed by atoms with Crippen molar-refractivity contribution in [2.75, 3.05) is 29.4 Å². The van der Waals surface area contributed by atoms with Crippen LogP contribution in [0.1, 0.15) is 0 Å². The van der Waals surface area contributed by atoms with Crippen molar-refractivity contribution in [3.05, 3.63) is 400 Å². The van der Waals surface area contributed by atoms with Gasteiger partial charge in [-0.05, 0) is 183 Å². The van der Waals surface area contributed by atoms with Gasteiger partial charge in [0.1, 0.15) is 0 Å². The Morgan fingerprint density at radius 2 is 0.580 bits per heavy atom. The minimum absolute atomic E-state index is 0.221. The summed E-state index contributed by atoms with van der Waals surface area (Å²) in [7, 11) is 0. The van der Waals surface area contributed by atoms with E-state index in [1.807, 2.05) is 22.7 Å². The van der Waals surface area contributed by atoms with Gasteiger partial charge in [-0.2, -0.15) is 0 Å². The van der Waals surface area contributed by atoms with Crippen molar-refractivity contribution in [3.8, 4) is 22.3 Å². The number of benzene rings is 17. The van der Waals surface area contributed by atoms with Gasteiger partial charge in [0.25, 0.3) is 13.4 Å². The third-order valence-corrected chi connectivity index (χ3v) is 25.6. The number of nitrogens with zero attached hydrogens (tertiary/aromatic N) is 6. The molecule has 4 aliphatic rings. The van der Waals surface area contributed by atoms with E-state index in [1.165, 1.54) is 73.1 Å². The van der Waals surface area contributed by atoms with Gasteiger partial charge in [0.15, 0.2) is 0 Å². The van der Waals surface area contributed by atoms with Crippen LogP contribution in [0.3, 0.4) is 0 Å². The Balaban J connectivity index is 0.846. The Kier molecular flexibility index (Phi) is 14.8. The van der Waals surface area contributed by atoms with Crippen molar-refractivity contribution in [2.24, 2.45) is 0 Å². The zero-order chi connectivity index (χ0) is 73.5. The van der Waals surface area contributed by atoms with Crippen LogP contribution in [0.2, 0.25) is 0 Å². The van der Waals surface area contributed by atoms with Crippen LogP contribution >= 0.6 is 22.7 Å². The summed E-state index contributed by atoms with van der Waals surface area (Å²) in [6, 6.07) is 150. The van der Waals surface area contributed by atoms with Crippen LogP contribution in [0.25, 0.3) is 62.6 Å². The van der Waals surface area contributed by atoms with Gasteiger partial charge in [0.2, 0.25) is 0 Å². The van der Waals surface area contributed by atoms with Crippen molar-refractivity contribution < 1.29 is 0 Å². The third-order valence-electron chi connectivity index (χ3n) is 23.3. The molecule has 0 atom stereocenters. The molecule has 2 aromatic heterocycles. The highest BCUT2D eigenvalue weighted by Crippen LogP contribution is 2.56. The van der Waals surface area contributed by atoms with E-state index in [0.717, 1.165) is 125 Å². The Hall–Kier alpha value is -13.9. The van der Waals surface area contributed by atoms with E-state index in [2.05, 4.69) is 430 Å². The summed E-state index contributed by atoms with van der Waals surface area (Å²) in [6.45, 7) is -0.476. The molecule has 10 heteroatoms.